The van der Waals surface area contributed by atoms with E-state index in [0.29, 0.717) is 53.9 Å². The summed E-state index contributed by atoms with van der Waals surface area (Å²) in [5.74, 6) is 2.79. The number of ether oxygens (including phenoxy) is 3. The normalized spacial score (nSPS) is 19.2. The number of carbonyl (C=O) groups excluding carboxylic acids is 1. The highest BCUT2D eigenvalue weighted by Gasteiger charge is 2.42. The summed E-state index contributed by atoms with van der Waals surface area (Å²) in [6, 6.07) is 3.23. The van der Waals surface area contributed by atoms with Crippen LogP contribution in [-0.4, -0.2) is 53.6 Å². The molecule has 0 saturated heterocycles. The molecule has 1 aromatic carbocycles. The number of allylic oxidation sites excluding steroid dienone is 2. The Kier molecular flexibility index (Phi) is 5.85. The van der Waals surface area contributed by atoms with Crippen LogP contribution in [0.1, 0.15) is 50.5 Å². The largest absolute Gasteiger partial charge is 0.493 e. The van der Waals surface area contributed by atoms with Crippen molar-refractivity contribution in [3.63, 3.8) is 0 Å². The first-order valence-electron chi connectivity index (χ1n) is 10.7. The lowest BCUT2D eigenvalue weighted by molar-refractivity contribution is -0.118. The number of Topliss-reactive ketones (excluding diaryl/α,β-unsaturated/α-hetero) is 1. The lowest BCUT2D eigenvalue weighted by Crippen LogP contribution is -2.36. The molecule has 2 aliphatic rings. The molecule has 2 heterocycles. The molecule has 172 valence electrons. The van der Waals surface area contributed by atoms with E-state index in [0.717, 1.165) is 17.7 Å². The Labute approximate surface area is 187 Å². The molecule has 2 aromatic rings. The molecule has 0 fully saturated rings. The van der Waals surface area contributed by atoms with E-state index < -0.39 is 6.04 Å². The third-order valence-electron chi connectivity index (χ3n) is 5.94. The highest BCUT2D eigenvalue weighted by atomic mass is 16.5. The zero-order chi connectivity index (χ0) is 23.0. The molecule has 1 atom stereocenters. The Morgan fingerprint density at radius 1 is 1.16 bits per heavy atom. The number of aromatic nitrogens is 3. The quantitative estimate of drug-likeness (QED) is 0.674. The van der Waals surface area contributed by atoms with Crippen LogP contribution in [0, 0.1) is 5.41 Å². The highest BCUT2D eigenvalue weighted by Crippen LogP contribution is 2.48. The maximum atomic E-state index is 13.4. The van der Waals surface area contributed by atoms with Crippen molar-refractivity contribution in [3.05, 3.63) is 34.8 Å². The van der Waals surface area contributed by atoms with Gasteiger partial charge in [-0.2, -0.15) is 10.1 Å². The molecule has 1 aliphatic heterocycles. The molecule has 9 heteroatoms. The van der Waals surface area contributed by atoms with Crippen molar-refractivity contribution in [3.8, 4) is 17.2 Å². The van der Waals surface area contributed by atoms with Gasteiger partial charge >= 0.3 is 0 Å². The maximum Gasteiger partial charge on any atom is 0.226 e. The van der Waals surface area contributed by atoms with Gasteiger partial charge in [0.15, 0.2) is 23.1 Å². The van der Waals surface area contributed by atoms with E-state index in [1.165, 1.54) is 0 Å². The van der Waals surface area contributed by atoms with Gasteiger partial charge in [0.1, 0.15) is 6.04 Å². The van der Waals surface area contributed by atoms with Crippen LogP contribution in [0.25, 0.3) is 0 Å². The van der Waals surface area contributed by atoms with Gasteiger partial charge in [-0.3, -0.25) is 4.79 Å². The van der Waals surface area contributed by atoms with Crippen LogP contribution >= 0.6 is 0 Å². The van der Waals surface area contributed by atoms with Gasteiger partial charge in [0.2, 0.25) is 11.7 Å². The molecule has 1 unspecified atom stereocenters. The van der Waals surface area contributed by atoms with Gasteiger partial charge in [-0.05, 0) is 36.0 Å². The minimum atomic E-state index is -0.478. The fraction of sp³-hybridized carbons (Fsp3) is 0.522. The number of aryl methyl sites for hydroxylation is 1. The van der Waals surface area contributed by atoms with Crippen LogP contribution in [0.4, 0.5) is 5.95 Å². The summed E-state index contributed by atoms with van der Waals surface area (Å²) in [5, 5.41) is 17.3. The van der Waals surface area contributed by atoms with Gasteiger partial charge in [0, 0.05) is 30.7 Å². The van der Waals surface area contributed by atoms with E-state index in [9.17, 15) is 9.90 Å². The van der Waals surface area contributed by atoms with E-state index in [-0.39, 0.29) is 17.8 Å². The summed E-state index contributed by atoms with van der Waals surface area (Å²) in [6.07, 6.45) is 2.30. The summed E-state index contributed by atoms with van der Waals surface area (Å²) < 4.78 is 18.3. The van der Waals surface area contributed by atoms with E-state index >= 15 is 0 Å². The smallest absolute Gasteiger partial charge is 0.226 e. The summed E-state index contributed by atoms with van der Waals surface area (Å²) in [4.78, 5) is 18.0. The molecular formula is C23H30N4O5. The van der Waals surface area contributed by atoms with Crippen molar-refractivity contribution in [1.29, 1.82) is 0 Å². The predicted molar refractivity (Wildman–Crippen MR) is 118 cm³/mol. The minimum Gasteiger partial charge on any atom is -0.493 e. The minimum absolute atomic E-state index is 0.0645. The Morgan fingerprint density at radius 2 is 1.84 bits per heavy atom. The van der Waals surface area contributed by atoms with Crippen molar-refractivity contribution in [2.45, 2.75) is 45.6 Å². The molecule has 9 nitrogen and oxygen atoms in total. The number of aliphatic hydroxyl groups excluding tert-OH is 1. The zero-order valence-electron chi connectivity index (χ0n) is 19.2. The number of ketones is 1. The molecule has 2 N–H and O–H groups in total. The number of rotatable bonds is 7. The van der Waals surface area contributed by atoms with E-state index in [4.69, 9.17) is 19.3 Å². The lowest BCUT2D eigenvalue weighted by atomic mass is 9.73. The average molecular weight is 443 g/mol. The van der Waals surface area contributed by atoms with Gasteiger partial charge in [0.25, 0.3) is 0 Å². The second kappa shape index (κ2) is 8.46. The number of aliphatic hydroxyl groups is 1. The SMILES string of the molecule is COc1cc(C2C3=C(CC(C)(C)CC3=O)Nc3nc(CCCO)nn32)cc(OC)c1OC. The summed E-state index contributed by atoms with van der Waals surface area (Å²) in [5.41, 5.74) is 2.20. The summed E-state index contributed by atoms with van der Waals surface area (Å²) in [6.45, 7) is 4.25. The van der Waals surface area contributed by atoms with Crippen LogP contribution in [-0.2, 0) is 11.2 Å². The average Bonchev–Trinajstić information content (AvgIpc) is 3.16. The first-order chi connectivity index (χ1) is 15.3. The second-order valence-corrected chi connectivity index (χ2v) is 8.94. The molecule has 0 amide bonds. The van der Waals surface area contributed by atoms with Crippen molar-refractivity contribution in [1.82, 2.24) is 14.8 Å². The third kappa shape index (κ3) is 3.81. The Morgan fingerprint density at radius 3 is 2.44 bits per heavy atom. The molecule has 1 aliphatic carbocycles. The van der Waals surface area contributed by atoms with Crippen LogP contribution in [0.2, 0.25) is 0 Å². The number of nitrogens with one attached hydrogen (secondary N) is 1. The van der Waals surface area contributed by atoms with Crippen molar-refractivity contribution in [2.75, 3.05) is 33.3 Å². The van der Waals surface area contributed by atoms with Gasteiger partial charge in [-0.25, -0.2) is 4.68 Å². The molecule has 0 bridgehead atoms. The first-order valence-corrected chi connectivity index (χ1v) is 10.7. The van der Waals surface area contributed by atoms with E-state index in [1.807, 2.05) is 12.1 Å². The van der Waals surface area contributed by atoms with E-state index in [2.05, 4.69) is 24.1 Å². The van der Waals surface area contributed by atoms with E-state index in [1.54, 1.807) is 26.0 Å². The number of fused-ring (bicyclic) bond motifs is 1. The maximum absolute atomic E-state index is 13.4. The van der Waals surface area contributed by atoms with Crippen LogP contribution in [0.5, 0.6) is 17.2 Å². The fourth-order valence-electron chi connectivity index (χ4n) is 4.56. The van der Waals surface area contributed by atoms with Crippen molar-refractivity contribution in [2.24, 2.45) is 5.41 Å². The number of nitrogens with zero attached hydrogens (tertiary/aromatic N) is 3. The molecule has 0 spiro atoms. The Bertz CT molecular complexity index is 1050. The van der Waals surface area contributed by atoms with Crippen LogP contribution in [0.15, 0.2) is 23.4 Å². The Balaban J connectivity index is 1.91. The van der Waals surface area contributed by atoms with Gasteiger partial charge < -0.3 is 24.6 Å². The van der Waals surface area contributed by atoms with Gasteiger partial charge in [0.05, 0.1) is 21.3 Å². The fourth-order valence-corrected chi connectivity index (χ4v) is 4.56. The number of benzene rings is 1. The summed E-state index contributed by atoms with van der Waals surface area (Å²) >= 11 is 0. The van der Waals surface area contributed by atoms with Crippen LogP contribution < -0.4 is 19.5 Å². The standard InChI is InChI=1S/C23H30N4O5/c1-23(2)11-14-19(15(29)12-23)20(27-22(24-14)25-18(26-27)7-6-8-28)13-9-16(30-3)21(32-5)17(10-13)31-4/h9-10,20,28H,6-8,11-12H2,1-5H3,(H,24,25,26). The molecular weight excluding hydrogens is 412 g/mol. The topological polar surface area (TPSA) is 108 Å². The molecule has 0 radical (unpaired) electrons. The zero-order valence-corrected chi connectivity index (χ0v) is 19.2. The number of methoxy groups -OCH3 is 3. The predicted octanol–water partition coefficient (Wildman–Crippen LogP) is 2.89. The Hall–Kier alpha value is -3.07. The molecule has 4 rings (SSSR count). The number of carbonyl (C=O) groups is 1. The molecule has 0 saturated carbocycles. The molecule has 1 aromatic heterocycles. The van der Waals surface area contributed by atoms with Crippen molar-refractivity contribution >= 4 is 11.7 Å². The number of hydrogen-bond acceptors (Lipinski definition) is 8. The highest BCUT2D eigenvalue weighted by molar-refractivity contribution is 6.00. The summed E-state index contributed by atoms with van der Waals surface area (Å²) in [7, 11) is 4.69. The van der Waals surface area contributed by atoms with Gasteiger partial charge in [-0.15, -0.1) is 0 Å². The monoisotopic (exact) mass is 442 g/mol. The lowest BCUT2D eigenvalue weighted by Gasteiger charge is -2.38. The third-order valence-corrected chi connectivity index (χ3v) is 5.94. The molecule has 32 heavy (non-hydrogen) atoms. The van der Waals surface area contributed by atoms with Crippen molar-refractivity contribution < 1.29 is 24.1 Å². The number of anilines is 1. The first kappa shape index (κ1) is 22.1. The van der Waals surface area contributed by atoms with Crippen LogP contribution in [0.3, 0.4) is 0 Å². The number of hydrogen-bond donors (Lipinski definition) is 2. The second-order valence-electron chi connectivity index (χ2n) is 8.94. The van der Waals surface area contributed by atoms with Gasteiger partial charge in [-0.1, -0.05) is 13.8 Å².